The summed E-state index contributed by atoms with van der Waals surface area (Å²) in [5.41, 5.74) is 3.77. The van der Waals surface area contributed by atoms with Crippen molar-refractivity contribution in [2.45, 2.75) is 33.2 Å². The molecule has 2 aromatic carbocycles. The number of hydrogen-bond donors (Lipinski definition) is 1. The molecule has 1 saturated heterocycles. The van der Waals surface area contributed by atoms with Crippen molar-refractivity contribution in [2.24, 2.45) is 5.92 Å². The number of hydrogen-bond acceptors (Lipinski definition) is 4. The van der Waals surface area contributed by atoms with Gasteiger partial charge in [0.2, 0.25) is 5.91 Å². The second-order valence-corrected chi connectivity index (χ2v) is 7.28. The normalized spacial score (nSPS) is 16.0. The van der Waals surface area contributed by atoms with Gasteiger partial charge in [-0.2, -0.15) is 0 Å². The largest absolute Gasteiger partial charge is 0.455 e. The lowest BCUT2D eigenvalue weighted by Gasteiger charge is -2.16. The van der Waals surface area contributed by atoms with E-state index in [0.29, 0.717) is 13.1 Å². The second kappa shape index (κ2) is 9.37. The average molecular weight is 394 g/mol. The Morgan fingerprint density at radius 1 is 1.14 bits per heavy atom. The van der Waals surface area contributed by atoms with E-state index in [9.17, 15) is 14.4 Å². The third kappa shape index (κ3) is 5.22. The summed E-state index contributed by atoms with van der Waals surface area (Å²) in [6, 6.07) is 15.5. The van der Waals surface area contributed by atoms with Crippen molar-refractivity contribution in [3.05, 3.63) is 65.2 Å². The summed E-state index contributed by atoms with van der Waals surface area (Å²) in [7, 11) is 0. The molecule has 29 heavy (non-hydrogen) atoms. The van der Waals surface area contributed by atoms with Gasteiger partial charge in [-0.05, 0) is 30.0 Å². The van der Waals surface area contributed by atoms with Gasteiger partial charge in [-0.25, -0.2) is 0 Å². The van der Waals surface area contributed by atoms with Crippen LogP contribution in [0.4, 0.5) is 5.69 Å². The van der Waals surface area contributed by atoms with E-state index >= 15 is 0 Å². The molecule has 1 atom stereocenters. The molecule has 1 aliphatic rings. The number of rotatable bonds is 7. The van der Waals surface area contributed by atoms with Gasteiger partial charge >= 0.3 is 5.97 Å². The average Bonchev–Trinajstić information content (AvgIpc) is 3.09. The maximum atomic E-state index is 12.4. The van der Waals surface area contributed by atoms with Crippen LogP contribution in [0.5, 0.6) is 0 Å². The number of esters is 1. The van der Waals surface area contributed by atoms with Crippen LogP contribution in [-0.4, -0.2) is 35.8 Å². The number of carbonyl (C=O) groups excluding carboxylic acids is 3. The summed E-state index contributed by atoms with van der Waals surface area (Å²) < 4.78 is 5.19. The number of ether oxygens (including phenoxy) is 1. The Morgan fingerprint density at radius 3 is 2.62 bits per heavy atom. The van der Waals surface area contributed by atoms with E-state index < -0.39 is 11.9 Å². The summed E-state index contributed by atoms with van der Waals surface area (Å²) in [4.78, 5) is 38.5. The number of anilines is 1. The smallest absolute Gasteiger partial charge is 0.311 e. The minimum Gasteiger partial charge on any atom is -0.455 e. The van der Waals surface area contributed by atoms with Gasteiger partial charge < -0.3 is 15.0 Å². The molecule has 1 N–H and O–H groups in total. The fraction of sp³-hybridized carbons (Fsp3) is 0.348. The van der Waals surface area contributed by atoms with Crippen LogP contribution < -0.4 is 5.32 Å². The quantitative estimate of drug-likeness (QED) is 0.733. The molecule has 152 valence electrons. The molecule has 3 rings (SSSR count). The molecule has 6 heteroatoms. The third-order valence-corrected chi connectivity index (χ3v) is 5.11. The first-order chi connectivity index (χ1) is 14.0. The van der Waals surface area contributed by atoms with E-state index in [1.165, 1.54) is 0 Å². The fourth-order valence-corrected chi connectivity index (χ4v) is 3.52. The van der Waals surface area contributed by atoms with Crippen LogP contribution in [0.1, 0.15) is 30.0 Å². The predicted octanol–water partition coefficient (Wildman–Crippen LogP) is 3.09. The highest BCUT2D eigenvalue weighted by atomic mass is 16.5. The van der Waals surface area contributed by atoms with Crippen molar-refractivity contribution < 1.29 is 19.1 Å². The molecule has 0 spiro atoms. The van der Waals surface area contributed by atoms with Crippen LogP contribution in [0, 0.1) is 12.8 Å². The monoisotopic (exact) mass is 394 g/mol. The van der Waals surface area contributed by atoms with Gasteiger partial charge in [-0.3, -0.25) is 14.4 Å². The summed E-state index contributed by atoms with van der Waals surface area (Å²) in [6.07, 6.45) is 0.906. The topological polar surface area (TPSA) is 75.7 Å². The zero-order valence-electron chi connectivity index (χ0n) is 16.8. The molecule has 0 radical (unpaired) electrons. The molecule has 0 bridgehead atoms. The van der Waals surface area contributed by atoms with Crippen molar-refractivity contribution in [1.29, 1.82) is 0 Å². The Kier molecular flexibility index (Phi) is 6.65. The molecule has 1 fully saturated rings. The first-order valence-corrected chi connectivity index (χ1v) is 9.84. The summed E-state index contributed by atoms with van der Waals surface area (Å²) in [5.74, 6) is -1.51. The Balaban J connectivity index is 1.51. The van der Waals surface area contributed by atoms with Gasteiger partial charge in [0.25, 0.3) is 5.91 Å². The number of para-hydroxylation sites is 1. The zero-order valence-corrected chi connectivity index (χ0v) is 16.8. The second-order valence-electron chi connectivity index (χ2n) is 7.28. The Labute approximate surface area is 170 Å². The van der Waals surface area contributed by atoms with Crippen molar-refractivity contribution >= 4 is 23.5 Å². The minimum absolute atomic E-state index is 0.0762. The molecule has 1 unspecified atom stereocenters. The van der Waals surface area contributed by atoms with E-state index in [0.717, 1.165) is 28.8 Å². The van der Waals surface area contributed by atoms with Crippen LogP contribution in [0.15, 0.2) is 48.5 Å². The summed E-state index contributed by atoms with van der Waals surface area (Å²) >= 11 is 0. The van der Waals surface area contributed by atoms with Crippen molar-refractivity contribution in [1.82, 2.24) is 4.90 Å². The van der Waals surface area contributed by atoms with Crippen LogP contribution in [-0.2, 0) is 32.1 Å². The standard InChI is InChI=1S/C23H26N2O4/c1-3-18-11-7-8-16(2)22(18)24-20(26)15-29-23(28)19-12-21(27)25(14-19)13-17-9-5-4-6-10-17/h4-11,19H,3,12-15H2,1-2H3,(H,24,26). The maximum Gasteiger partial charge on any atom is 0.311 e. The van der Waals surface area contributed by atoms with Crippen LogP contribution in [0.3, 0.4) is 0 Å². The van der Waals surface area contributed by atoms with Gasteiger partial charge in [0, 0.05) is 25.2 Å². The Morgan fingerprint density at radius 2 is 1.90 bits per heavy atom. The van der Waals surface area contributed by atoms with Gasteiger partial charge in [-0.1, -0.05) is 55.5 Å². The third-order valence-electron chi connectivity index (χ3n) is 5.11. The van der Waals surface area contributed by atoms with Crippen molar-refractivity contribution in [2.75, 3.05) is 18.5 Å². The predicted molar refractivity (Wildman–Crippen MR) is 110 cm³/mol. The van der Waals surface area contributed by atoms with Crippen molar-refractivity contribution in [3.63, 3.8) is 0 Å². The van der Waals surface area contributed by atoms with Crippen LogP contribution >= 0.6 is 0 Å². The van der Waals surface area contributed by atoms with E-state index in [4.69, 9.17) is 4.74 Å². The van der Waals surface area contributed by atoms with Gasteiger partial charge in [0.15, 0.2) is 6.61 Å². The van der Waals surface area contributed by atoms with E-state index in [-0.39, 0.29) is 24.8 Å². The zero-order chi connectivity index (χ0) is 20.8. The van der Waals surface area contributed by atoms with Gasteiger partial charge in [-0.15, -0.1) is 0 Å². The van der Waals surface area contributed by atoms with E-state index in [1.54, 1.807) is 4.90 Å². The number of nitrogens with one attached hydrogen (secondary N) is 1. The Hall–Kier alpha value is -3.15. The number of carbonyl (C=O) groups is 3. The van der Waals surface area contributed by atoms with E-state index in [2.05, 4.69) is 5.32 Å². The number of nitrogens with zero attached hydrogens (tertiary/aromatic N) is 1. The highest BCUT2D eigenvalue weighted by Crippen LogP contribution is 2.22. The van der Waals surface area contributed by atoms with Gasteiger partial charge in [0.05, 0.1) is 5.92 Å². The maximum absolute atomic E-state index is 12.4. The number of benzene rings is 2. The minimum atomic E-state index is -0.538. The molecule has 0 saturated carbocycles. The number of aryl methyl sites for hydroxylation is 2. The van der Waals surface area contributed by atoms with Crippen LogP contribution in [0.25, 0.3) is 0 Å². The van der Waals surface area contributed by atoms with Crippen molar-refractivity contribution in [3.8, 4) is 0 Å². The lowest BCUT2D eigenvalue weighted by atomic mass is 10.1. The van der Waals surface area contributed by atoms with Crippen LogP contribution in [0.2, 0.25) is 0 Å². The SMILES string of the molecule is CCc1cccc(C)c1NC(=O)COC(=O)C1CC(=O)N(Cc2ccccc2)C1. The lowest BCUT2D eigenvalue weighted by Crippen LogP contribution is -2.28. The highest BCUT2D eigenvalue weighted by Gasteiger charge is 2.35. The molecule has 6 nitrogen and oxygen atoms in total. The molecule has 2 amide bonds. The lowest BCUT2D eigenvalue weighted by molar-refractivity contribution is -0.151. The summed E-state index contributed by atoms with van der Waals surface area (Å²) in [5, 5.41) is 2.83. The molecule has 0 aliphatic carbocycles. The molecule has 0 aromatic heterocycles. The first-order valence-electron chi connectivity index (χ1n) is 9.84. The van der Waals surface area contributed by atoms with E-state index in [1.807, 2.05) is 62.4 Å². The summed E-state index contributed by atoms with van der Waals surface area (Å²) in [6.45, 7) is 4.36. The Bertz CT molecular complexity index is 895. The molecule has 1 aliphatic heterocycles. The first kappa shape index (κ1) is 20.6. The molecule has 2 aromatic rings. The number of likely N-dealkylation sites (tertiary alicyclic amines) is 1. The number of amides is 2. The molecular formula is C23H26N2O4. The van der Waals surface area contributed by atoms with Gasteiger partial charge in [0.1, 0.15) is 0 Å². The molecular weight excluding hydrogens is 368 g/mol. The molecule has 1 heterocycles. The fourth-order valence-electron chi connectivity index (χ4n) is 3.52. The highest BCUT2D eigenvalue weighted by molar-refractivity contribution is 5.95.